The molecule has 0 unspecified atom stereocenters. The molecule has 2 aromatic rings. The lowest BCUT2D eigenvalue weighted by molar-refractivity contribution is -0.385. The summed E-state index contributed by atoms with van der Waals surface area (Å²) in [6.07, 6.45) is 3.81. The van der Waals surface area contributed by atoms with Crippen LogP contribution in [0, 0.1) is 27.2 Å². The van der Waals surface area contributed by atoms with Crippen LogP contribution in [0.15, 0.2) is 24.3 Å². The van der Waals surface area contributed by atoms with Gasteiger partial charge >= 0.3 is 0 Å². The first-order chi connectivity index (χ1) is 13.8. The van der Waals surface area contributed by atoms with Gasteiger partial charge in [0.2, 0.25) is 0 Å². The number of hydrogen-bond donors (Lipinski definition) is 2. The van der Waals surface area contributed by atoms with E-state index in [2.05, 4.69) is 10.2 Å². The van der Waals surface area contributed by atoms with Crippen LogP contribution in [0.3, 0.4) is 0 Å². The molecule has 0 fully saturated rings. The highest BCUT2D eigenvalue weighted by molar-refractivity contribution is 5.73. The number of nitrogens with two attached hydrogens (primary N) is 1. The highest BCUT2D eigenvalue weighted by Crippen LogP contribution is 2.34. The van der Waals surface area contributed by atoms with Gasteiger partial charge in [0.25, 0.3) is 11.4 Å². The molecule has 154 valence electrons. The lowest BCUT2D eigenvalue weighted by Crippen LogP contribution is -2.25. The molecule has 0 amide bonds. The van der Waals surface area contributed by atoms with E-state index < -0.39 is 4.92 Å². The Bertz CT molecular complexity index is 960. The van der Waals surface area contributed by atoms with Crippen molar-refractivity contribution < 1.29 is 9.85 Å². The number of benzene rings is 2. The lowest BCUT2D eigenvalue weighted by atomic mass is 9.96. The molecule has 3 N–H and O–H groups in total. The fourth-order valence-electron chi connectivity index (χ4n) is 3.95. The van der Waals surface area contributed by atoms with Crippen LogP contribution in [0.2, 0.25) is 0 Å². The fraction of sp³-hybridized carbons (Fsp3) is 0.400. The summed E-state index contributed by atoms with van der Waals surface area (Å²) < 4.78 is 0. The molecule has 0 spiro atoms. The van der Waals surface area contributed by atoms with Crippen LogP contribution in [0.25, 0.3) is 0 Å². The van der Waals surface area contributed by atoms with Crippen molar-refractivity contribution >= 4 is 28.4 Å². The minimum atomic E-state index is -0.440. The van der Waals surface area contributed by atoms with Crippen LogP contribution < -0.4 is 16.0 Å². The number of nitrogens with one attached hydrogen (secondary N) is 1. The Balaban J connectivity index is 0.000000166. The molecule has 2 heterocycles. The van der Waals surface area contributed by atoms with Crippen LogP contribution in [0.5, 0.6) is 0 Å². The first kappa shape index (κ1) is 20.4. The third-order valence-corrected chi connectivity index (χ3v) is 5.52. The summed E-state index contributed by atoms with van der Waals surface area (Å²) >= 11 is 0. The Morgan fingerprint density at radius 3 is 2.34 bits per heavy atom. The summed E-state index contributed by atoms with van der Waals surface area (Å²) in [5.74, 6) is 0. The average molecular weight is 399 g/mol. The third kappa shape index (κ3) is 4.08. The second kappa shape index (κ2) is 8.34. The summed E-state index contributed by atoms with van der Waals surface area (Å²) in [5.41, 5.74) is 11.2. The minimum absolute atomic E-state index is 0.00690. The highest BCUT2D eigenvalue weighted by atomic mass is 16.6. The summed E-state index contributed by atoms with van der Waals surface area (Å²) in [6.45, 7) is 3.78. The van der Waals surface area contributed by atoms with Gasteiger partial charge in [-0.05, 0) is 50.3 Å². The standard InChI is InChI=1S/C11H14N2O2.C9H11N3O2/c1-8-9-4-3-7-12(2)11(9)6-5-10(8)13(14)15;10-9-6-2-1-5-11-7(6)3-4-8(9)12(13)14/h5-6H,3-4,7H2,1-2H3;3-4,11H,1-2,5,10H2. The van der Waals surface area contributed by atoms with E-state index >= 15 is 0 Å². The molecule has 0 atom stereocenters. The number of rotatable bonds is 2. The summed E-state index contributed by atoms with van der Waals surface area (Å²) in [6, 6.07) is 6.64. The first-order valence-corrected chi connectivity index (χ1v) is 9.59. The average Bonchev–Trinajstić information content (AvgIpc) is 2.69. The van der Waals surface area contributed by atoms with Gasteiger partial charge in [-0.3, -0.25) is 20.2 Å². The maximum atomic E-state index is 10.8. The number of nitrogens with zero attached hydrogens (tertiary/aromatic N) is 3. The second-order valence-corrected chi connectivity index (χ2v) is 7.30. The first-order valence-electron chi connectivity index (χ1n) is 9.59. The molecule has 0 bridgehead atoms. The number of nitrogen functional groups attached to an aromatic ring is 1. The largest absolute Gasteiger partial charge is 0.393 e. The smallest absolute Gasteiger partial charge is 0.292 e. The molecule has 0 saturated heterocycles. The molecule has 0 saturated carbocycles. The van der Waals surface area contributed by atoms with Gasteiger partial charge in [0.15, 0.2) is 0 Å². The normalized spacial score (nSPS) is 14.6. The van der Waals surface area contributed by atoms with E-state index in [9.17, 15) is 20.2 Å². The summed E-state index contributed by atoms with van der Waals surface area (Å²) in [7, 11) is 2.03. The summed E-state index contributed by atoms with van der Waals surface area (Å²) in [5, 5.41) is 24.6. The van der Waals surface area contributed by atoms with Gasteiger partial charge in [-0.25, -0.2) is 0 Å². The molecular formula is C20H25N5O4. The predicted molar refractivity (Wildman–Crippen MR) is 114 cm³/mol. The van der Waals surface area contributed by atoms with Gasteiger partial charge in [-0.15, -0.1) is 0 Å². The molecule has 0 radical (unpaired) electrons. The summed E-state index contributed by atoms with van der Waals surface area (Å²) in [4.78, 5) is 22.8. The second-order valence-electron chi connectivity index (χ2n) is 7.30. The quantitative estimate of drug-likeness (QED) is 0.446. The minimum Gasteiger partial charge on any atom is -0.393 e. The van der Waals surface area contributed by atoms with Gasteiger partial charge in [-0.1, -0.05) is 0 Å². The van der Waals surface area contributed by atoms with E-state index in [1.54, 1.807) is 12.1 Å². The van der Waals surface area contributed by atoms with Crippen molar-refractivity contribution in [3.8, 4) is 0 Å². The van der Waals surface area contributed by atoms with E-state index in [4.69, 9.17) is 5.73 Å². The molecule has 29 heavy (non-hydrogen) atoms. The van der Waals surface area contributed by atoms with Gasteiger partial charge in [-0.2, -0.15) is 0 Å². The molecule has 0 aromatic heterocycles. The monoisotopic (exact) mass is 399 g/mol. The van der Waals surface area contributed by atoms with Crippen molar-refractivity contribution in [2.75, 3.05) is 36.1 Å². The molecule has 2 aromatic carbocycles. The van der Waals surface area contributed by atoms with Crippen LogP contribution in [-0.4, -0.2) is 30.0 Å². The van der Waals surface area contributed by atoms with Crippen LogP contribution in [0.1, 0.15) is 29.5 Å². The SMILES string of the molecule is Cc1c([N+](=O)[O-])ccc2c1CCCN2C.Nc1c([N+](=O)[O-])ccc2c1CCCN2. The van der Waals surface area contributed by atoms with E-state index in [0.29, 0.717) is 5.69 Å². The fourth-order valence-corrected chi connectivity index (χ4v) is 3.95. The molecule has 4 rings (SSSR count). The molecule has 9 nitrogen and oxygen atoms in total. The van der Waals surface area contributed by atoms with Crippen molar-refractivity contribution in [3.63, 3.8) is 0 Å². The number of nitro groups is 2. The molecule has 9 heteroatoms. The zero-order valence-electron chi connectivity index (χ0n) is 16.6. The lowest BCUT2D eigenvalue weighted by Gasteiger charge is -2.28. The van der Waals surface area contributed by atoms with Crippen LogP contribution in [0.4, 0.5) is 28.4 Å². The third-order valence-electron chi connectivity index (χ3n) is 5.52. The van der Waals surface area contributed by atoms with Crippen molar-refractivity contribution in [3.05, 3.63) is 61.2 Å². The Kier molecular flexibility index (Phi) is 5.86. The Morgan fingerprint density at radius 1 is 1.00 bits per heavy atom. The van der Waals surface area contributed by atoms with E-state index in [-0.39, 0.29) is 16.3 Å². The number of hydrogen-bond acceptors (Lipinski definition) is 7. The number of nitro benzene ring substituents is 2. The number of fused-ring (bicyclic) bond motifs is 2. The van der Waals surface area contributed by atoms with E-state index in [0.717, 1.165) is 66.8 Å². The Labute approximate surface area is 168 Å². The van der Waals surface area contributed by atoms with Gasteiger partial charge < -0.3 is 16.0 Å². The van der Waals surface area contributed by atoms with Gasteiger partial charge in [0.1, 0.15) is 5.69 Å². The van der Waals surface area contributed by atoms with E-state index in [1.165, 1.54) is 6.07 Å². The maximum absolute atomic E-state index is 10.8. The molecule has 0 aliphatic carbocycles. The van der Waals surface area contributed by atoms with Crippen molar-refractivity contribution in [2.45, 2.75) is 32.6 Å². The van der Waals surface area contributed by atoms with Crippen molar-refractivity contribution in [1.29, 1.82) is 0 Å². The molecule has 2 aliphatic heterocycles. The predicted octanol–water partition coefficient (Wildman–Crippen LogP) is 3.82. The maximum Gasteiger partial charge on any atom is 0.292 e. The van der Waals surface area contributed by atoms with E-state index in [1.807, 2.05) is 20.0 Å². The van der Waals surface area contributed by atoms with Crippen molar-refractivity contribution in [1.82, 2.24) is 0 Å². The van der Waals surface area contributed by atoms with Crippen molar-refractivity contribution in [2.24, 2.45) is 0 Å². The molecular weight excluding hydrogens is 374 g/mol. The van der Waals surface area contributed by atoms with Crippen LogP contribution >= 0.6 is 0 Å². The Hall–Kier alpha value is -3.36. The zero-order chi connectivity index (χ0) is 21.1. The Morgan fingerprint density at radius 2 is 1.66 bits per heavy atom. The molecule has 2 aliphatic rings. The zero-order valence-corrected chi connectivity index (χ0v) is 16.6. The highest BCUT2D eigenvalue weighted by Gasteiger charge is 2.22. The van der Waals surface area contributed by atoms with Gasteiger partial charge in [0, 0.05) is 54.8 Å². The number of anilines is 3. The van der Waals surface area contributed by atoms with Gasteiger partial charge in [0.05, 0.1) is 9.85 Å². The van der Waals surface area contributed by atoms with Crippen LogP contribution in [-0.2, 0) is 12.8 Å². The topological polar surface area (TPSA) is 128 Å².